The Morgan fingerprint density at radius 2 is 0.880 bits per heavy atom. The van der Waals surface area contributed by atoms with Gasteiger partial charge in [0, 0.05) is 49.4 Å². The number of thiophene rings is 1. The van der Waals surface area contributed by atoms with Gasteiger partial charge in [0.2, 0.25) is 0 Å². The smallest absolute Gasteiger partial charge is 0.137 e. The van der Waals surface area contributed by atoms with Gasteiger partial charge in [-0.1, -0.05) is 109 Å². The lowest BCUT2D eigenvalue weighted by molar-refractivity contribution is 0.669. The summed E-state index contributed by atoms with van der Waals surface area (Å²) in [6.45, 7) is 0. The molecule has 0 unspecified atom stereocenters. The fraction of sp³-hybridized carbons (Fsp3) is 0. The van der Waals surface area contributed by atoms with Gasteiger partial charge in [0.15, 0.2) is 0 Å². The van der Waals surface area contributed by atoms with Crippen molar-refractivity contribution >= 4 is 98.3 Å². The highest BCUT2D eigenvalue weighted by Crippen LogP contribution is 2.51. The lowest BCUT2D eigenvalue weighted by atomic mass is 10.0. The molecule has 0 amide bonds. The lowest BCUT2D eigenvalue weighted by Crippen LogP contribution is -2.17. The minimum Gasteiger partial charge on any atom is -0.456 e. The minimum absolute atomic E-state index is 0.847. The fourth-order valence-corrected chi connectivity index (χ4v) is 8.52. The molecule has 10 rings (SSSR count). The largest absolute Gasteiger partial charge is 0.456 e. The summed E-state index contributed by atoms with van der Waals surface area (Å²) in [5.41, 5.74) is 8.14. The Morgan fingerprint density at radius 1 is 0.360 bits per heavy atom. The van der Waals surface area contributed by atoms with E-state index < -0.39 is 0 Å². The minimum atomic E-state index is 0.847. The zero-order valence-corrected chi connectivity index (χ0v) is 27.8. The molecule has 0 aliphatic carbocycles. The molecule has 0 bridgehead atoms. The summed E-state index contributed by atoms with van der Waals surface area (Å²) in [5, 5.41) is 7.07. The van der Waals surface area contributed by atoms with Crippen LogP contribution in [-0.4, -0.2) is 0 Å². The van der Waals surface area contributed by atoms with E-state index in [4.69, 9.17) is 4.42 Å². The topological polar surface area (TPSA) is 19.6 Å². The first-order valence-electron chi connectivity index (χ1n) is 16.8. The van der Waals surface area contributed by atoms with Gasteiger partial charge in [0.1, 0.15) is 11.2 Å². The monoisotopic (exact) mass is 658 g/mol. The van der Waals surface area contributed by atoms with E-state index in [0.717, 1.165) is 61.4 Å². The van der Waals surface area contributed by atoms with Crippen LogP contribution < -0.4 is 9.80 Å². The predicted octanol–water partition coefficient (Wildman–Crippen LogP) is 14.0. The Balaban J connectivity index is 1.34. The average Bonchev–Trinajstić information content (AvgIpc) is 3.73. The van der Waals surface area contributed by atoms with E-state index in [1.54, 1.807) is 0 Å². The standard InChI is InChI=1S/C46H30N2OS/c1-4-17-33(18-5-1)47(34-19-6-2-7-20-34)41-29-39-38-27-31-15-10-11-16-32(31)28-43(38)49-44(39)30-42(41)48(35-21-8-3-9-22-35)40-25-14-24-37-36-23-12-13-26-45(36)50-46(37)40/h1-30H. The van der Waals surface area contributed by atoms with Crippen LogP contribution in [-0.2, 0) is 0 Å². The number of rotatable bonds is 6. The predicted molar refractivity (Wildman–Crippen MR) is 213 cm³/mol. The number of benzene rings is 8. The molecule has 4 heteroatoms. The average molecular weight is 659 g/mol. The molecule has 0 spiro atoms. The summed E-state index contributed by atoms with van der Waals surface area (Å²) in [6.07, 6.45) is 0. The normalized spacial score (nSPS) is 11.6. The highest BCUT2D eigenvalue weighted by molar-refractivity contribution is 7.26. The molecule has 8 aromatic carbocycles. The van der Waals surface area contributed by atoms with Crippen molar-refractivity contribution in [2.24, 2.45) is 0 Å². The Bertz CT molecular complexity index is 2780. The number of hydrogen-bond donors (Lipinski definition) is 0. The van der Waals surface area contributed by atoms with Crippen LogP contribution in [0.5, 0.6) is 0 Å². The van der Waals surface area contributed by atoms with Gasteiger partial charge in [-0.2, -0.15) is 0 Å². The molecule has 0 saturated carbocycles. The van der Waals surface area contributed by atoms with Gasteiger partial charge in [-0.25, -0.2) is 0 Å². The Morgan fingerprint density at radius 3 is 1.58 bits per heavy atom. The third kappa shape index (κ3) is 4.65. The molecule has 2 aromatic heterocycles. The SMILES string of the molecule is c1ccc(N(c2ccccc2)c2cc3c(cc2N(c2ccccc2)c2cccc4c2sc2ccccc24)oc2cc4ccccc4cc23)cc1. The number of hydrogen-bond acceptors (Lipinski definition) is 4. The third-order valence-corrected chi connectivity index (χ3v) is 10.8. The van der Waals surface area contributed by atoms with Gasteiger partial charge < -0.3 is 14.2 Å². The maximum absolute atomic E-state index is 6.76. The van der Waals surface area contributed by atoms with Gasteiger partial charge in [-0.15, -0.1) is 11.3 Å². The zero-order chi connectivity index (χ0) is 33.0. The van der Waals surface area contributed by atoms with E-state index >= 15 is 0 Å². The Hall–Kier alpha value is -6.36. The molecular formula is C46H30N2OS. The number of fused-ring (bicyclic) bond motifs is 7. The summed E-state index contributed by atoms with van der Waals surface area (Å²) >= 11 is 1.84. The maximum Gasteiger partial charge on any atom is 0.137 e. The van der Waals surface area contributed by atoms with E-state index in [9.17, 15) is 0 Å². The molecule has 3 nitrogen and oxygen atoms in total. The Kier molecular flexibility index (Phi) is 6.68. The van der Waals surface area contributed by atoms with Crippen LogP contribution in [0.4, 0.5) is 34.1 Å². The van der Waals surface area contributed by atoms with E-state index in [-0.39, 0.29) is 0 Å². The molecule has 0 aliphatic rings. The second-order valence-electron chi connectivity index (χ2n) is 12.6. The van der Waals surface area contributed by atoms with Gasteiger partial charge in [0.25, 0.3) is 0 Å². The lowest BCUT2D eigenvalue weighted by Gasteiger charge is -2.33. The first-order valence-corrected chi connectivity index (χ1v) is 17.7. The van der Waals surface area contributed by atoms with Crippen LogP contribution in [0, 0.1) is 0 Å². The molecular weight excluding hydrogens is 629 g/mol. The van der Waals surface area contributed by atoms with Gasteiger partial charge in [0.05, 0.1) is 21.8 Å². The second-order valence-corrected chi connectivity index (χ2v) is 13.6. The zero-order valence-electron chi connectivity index (χ0n) is 27.0. The molecule has 0 fully saturated rings. The van der Waals surface area contributed by atoms with Crippen molar-refractivity contribution in [3.63, 3.8) is 0 Å². The third-order valence-electron chi connectivity index (χ3n) is 9.58. The number of para-hydroxylation sites is 3. The van der Waals surface area contributed by atoms with Crippen molar-refractivity contribution in [3.05, 3.63) is 182 Å². The molecule has 10 aromatic rings. The van der Waals surface area contributed by atoms with Crippen molar-refractivity contribution in [1.82, 2.24) is 0 Å². The molecule has 236 valence electrons. The van der Waals surface area contributed by atoms with Crippen molar-refractivity contribution in [3.8, 4) is 0 Å². The summed E-state index contributed by atoms with van der Waals surface area (Å²) in [4.78, 5) is 4.78. The molecule has 0 atom stereocenters. The van der Waals surface area contributed by atoms with Crippen molar-refractivity contribution in [2.45, 2.75) is 0 Å². The molecule has 0 saturated heterocycles. The Labute approximate surface area is 293 Å². The fourth-order valence-electron chi connectivity index (χ4n) is 7.32. The first kappa shape index (κ1) is 28.6. The van der Waals surface area contributed by atoms with Crippen LogP contribution in [0.3, 0.4) is 0 Å². The summed E-state index contributed by atoms with van der Waals surface area (Å²) in [7, 11) is 0. The van der Waals surface area contributed by atoms with Crippen LogP contribution in [0.2, 0.25) is 0 Å². The van der Waals surface area contributed by atoms with E-state index in [2.05, 4.69) is 192 Å². The van der Waals surface area contributed by atoms with Crippen LogP contribution >= 0.6 is 11.3 Å². The van der Waals surface area contributed by atoms with E-state index in [1.165, 1.54) is 25.6 Å². The number of anilines is 6. The summed E-state index contributed by atoms with van der Waals surface area (Å²) in [6, 6.07) is 64.9. The molecule has 0 radical (unpaired) electrons. The highest BCUT2D eigenvalue weighted by atomic mass is 32.1. The van der Waals surface area contributed by atoms with Gasteiger partial charge >= 0.3 is 0 Å². The molecule has 0 N–H and O–H groups in total. The van der Waals surface area contributed by atoms with Crippen molar-refractivity contribution in [1.29, 1.82) is 0 Å². The highest BCUT2D eigenvalue weighted by Gasteiger charge is 2.26. The van der Waals surface area contributed by atoms with Crippen LogP contribution in [0.25, 0.3) is 52.9 Å². The van der Waals surface area contributed by atoms with Crippen LogP contribution in [0.15, 0.2) is 186 Å². The number of nitrogens with zero attached hydrogens (tertiary/aromatic N) is 2. The van der Waals surface area contributed by atoms with E-state index in [0.29, 0.717) is 0 Å². The number of furan rings is 1. The van der Waals surface area contributed by atoms with Gasteiger partial charge in [-0.3, -0.25) is 0 Å². The summed E-state index contributed by atoms with van der Waals surface area (Å²) in [5.74, 6) is 0. The molecule has 2 heterocycles. The van der Waals surface area contributed by atoms with Gasteiger partial charge in [-0.05, 0) is 77.5 Å². The van der Waals surface area contributed by atoms with Crippen molar-refractivity contribution < 1.29 is 4.42 Å². The maximum atomic E-state index is 6.76. The first-order chi connectivity index (χ1) is 24.8. The van der Waals surface area contributed by atoms with Crippen LogP contribution in [0.1, 0.15) is 0 Å². The quantitative estimate of drug-likeness (QED) is 0.177. The second kappa shape index (κ2) is 11.7. The van der Waals surface area contributed by atoms with E-state index in [1.807, 2.05) is 11.3 Å². The summed E-state index contributed by atoms with van der Waals surface area (Å²) < 4.78 is 9.28. The molecule has 0 aliphatic heterocycles. The van der Waals surface area contributed by atoms with Crippen molar-refractivity contribution in [2.75, 3.05) is 9.80 Å². The molecule has 50 heavy (non-hydrogen) atoms.